The fourth-order valence-electron chi connectivity index (χ4n) is 4.78. The smallest absolute Gasteiger partial charge is 0.0755 e. The Balaban J connectivity index is 1.75. The predicted octanol–water partition coefficient (Wildman–Crippen LogP) is 3.43. The summed E-state index contributed by atoms with van der Waals surface area (Å²) < 4.78 is 0. The van der Waals surface area contributed by atoms with Crippen molar-refractivity contribution in [2.75, 3.05) is 19.7 Å². The molecular formula is C25H41NO3. The molecule has 0 radical (unpaired) electrons. The molecule has 0 unspecified atom stereocenters. The second kappa shape index (κ2) is 13.2. The van der Waals surface area contributed by atoms with Crippen molar-refractivity contribution in [3.05, 3.63) is 23.8 Å². The maximum Gasteiger partial charge on any atom is 0.0755 e. The first-order chi connectivity index (χ1) is 14.1. The first kappa shape index (κ1) is 24.2. The van der Waals surface area contributed by atoms with Gasteiger partial charge in [0.25, 0.3) is 0 Å². The molecule has 0 aromatic rings. The highest BCUT2D eigenvalue weighted by atomic mass is 16.3. The first-order valence-electron chi connectivity index (χ1n) is 11.5. The summed E-state index contributed by atoms with van der Waals surface area (Å²) in [6, 6.07) is 0. The van der Waals surface area contributed by atoms with E-state index >= 15 is 0 Å². The fraction of sp³-hybridized carbons (Fsp3) is 0.760. The van der Waals surface area contributed by atoms with E-state index in [1.54, 1.807) is 5.57 Å². The number of rotatable bonds is 12. The third kappa shape index (κ3) is 7.90. The third-order valence-electron chi connectivity index (χ3n) is 6.58. The van der Waals surface area contributed by atoms with Crippen LogP contribution in [0.5, 0.6) is 0 Å². The van der Waals surface area contributed by atoms with Gasteiger partial charge in [-0.05, 0) is 82.7 Å². The van der Waals surface area contributed by atoms with Gasteiger partial charge >= 0.3 is 0 Å². The molecule has 2 rings (SSSR count). The van der Waals surface area contributed by atoms with Crippen molar-refractivity contribution >= 4 is 0 Å². The average molecular weight is 404 g/mol. The van der Waals surface area contributed by atoms with Crippen molar-refractivity contribution in [1.82, 2.24) is 5.32 Å². The van der Waals surface area contributed by atoms with Crippen LogP contribution >= 0.6 is 0 Å². The van der Waals surface area contributed by atoms with Gasteiger partial charge in [-0.2, -0.15) is 0 Å². The lowest BCUT2D eigenvalue weighted by Gasteiger charge is -2.19. The molecule has 0 bridgehead atoms. The van der Waals surface area contributed by atoms with Crippen LogP contribution in [0, 0.1) is 35.5 Å². The zero-order valence-electron chi connectivity index (χ0n) is 18.3. The summed E-state index contributed by atoms with van der Waals surface area (Å²) in [7, 11) is 0. The van der Waals surface area contributed by atoms with Crippen molar-refractivity contribution < 1.29 is 15.3 Å². The van der Waals surface area contributed by atoms with E-state index in [9.17, 15) is 10.2 Å². The molecular weight excluding hydrogens is 362 g/mol. The largest absolute Gasteiger partial charge is 0.396 e. The molecule has 0 heterocycles. The van der Waals surface area contributed by atoms with Crippen LogP contribution < -0.4 is 5.32 Å². The number of fused-ring (bicyclic) bond motifs is 1. The molecule has 0 aromatic heterocycles. The van der Waals surface area contributed by atoms with E-state index in [0.717, 1.165) is 45.2 Å². The molecule has 0 aromatic carbocycles. The first-order valence-corrected chi connectivity index (χ1v) is 11.5. The van der Waals surface area contributed by atoms with Crippen LogP contribution in [0.3, 0.4) is 0 Å². The molecule has 2 aliphatic rings. The minimum atomic E-state index is -0.496. The standard InChI is InChI=1S/C25H41NO3/c1-3-4-9-19(2)24(28)12-11-22-23-17-20(16-21(23)18-25(22)29)10-6-5-7-13-26-14-8-15-27/h10-12,19,21-29H,5-9,13-18H2,1-2H3/b12-11+,20-10+/t19-,21+,22-,23+,24-,25-/m1/s1. The Morgan fingerprint density at radius 1 is 1.21 bits per heavy atom. The van der Waals surface area contributed by atoms with Gasteiger partial charge in [0.2, 0.25) is 0 Å². The van der Waals surface area contributed by atoms with Gasteiger partial charge in [0.15, 0.2) is 0 Å². The van der Waals surface area contributed by atoms with Crippen LogP contribution in [-0.4, -0.2) is 47.2 Å². The van der Waals surface area contributed by atoms with Crippen LogP contribution in [0.25, 0.3) is 0 Å². The Bertz CT molecular complexity index is 589. The van der Waals surface area contributed by atoms with Gasteiger partial charge in [0, 0.05) is 18.9 Å². The zero-order chi connectivity index (χ0) is 21.1. The van der Waals surface area contributed by atoms with Crippen LogP contribution in [0.4, 0.5) is 0 Å². The Kier molecular flexibility index (Phi) is 11.0. The van der Waals surface area contributed by atoms with Gasteiger partial charge < -0.3 is 20.6 Å². The van der Waals surface area contributed by atoms with Crippen molar-refractivity contribution in [3.8, 4) is 11.8 Å². The number of hydrogen-bond donors (Lipinski definition) is 4. The lowest BCUT2D eigenvalue weighted by atomic mass is 9.89. The maximum absolute atomic E-state index is 10.5. The van der Waals surface area contributed by atoms with E-state index in [2.05, 4.69) is 29.3 Å². The van der Waals surface area contributed by atoms with Gasteiger partial charge in [0.05, 0.1) is 12.2 Å². The Morgan fingerprint density at radius 2 is 2.00 bits per heavy atom. The number of nitrogens with one attached hydrogen (secondary N) is 1. The Hall–Kier alpha value is -1.12. The number of unbranched alkanes of at least 4 members (excludes halogenated alkanes) is 2. The molecule has 4 nitrogen and oxygen atoms in total. The summed E-state index contributed by atoms with van der Waals surface area (Å²) in [5.41, 5.74) is 1.56. The van der Waals surface area contributed by atoms with Gasteiger partial charge in [-0.1, -0.05) is 30.7 Å². The average Bonchev–Trinajstić information content (AvgIpc) is 3.22. The topological polar surface area (TPSA) is 72.7 Å². The second-order valence-electron chi connectivity index (χ2n) is 8.88. The maximum atomic E-state index is 10.5. The van der Waals surface area contributed by atoms with E-state index in [-0.39, 0.29) is 24.5 Å². The third-order valence-corrected chi connectivity index (χ3v) is 6.58. The summed E-state index contributed by atoms with van der Waals surface area (Å²) in [4.78, 5) is 0. The molecule has 2 fully saturated rings. The van der Waals surface area contributed by atoms with E-state index in [1.165, 1.54) is 12.8 Å². The summed E-state index contributed by atoms with van der Waals surface area (Å²) in [5, 5.41) is 33.0. The highest BCUT2D eigenvalue weighted by molar-refractivity contribution is 5.18. The van der Waals surface area contributed by atoms with Gasteiger partial charge in [-0.3, -0.25) is 0 Å². The molecule has 0 amide bonds. The van der Waals surface area contributed by atoms with E-state index in [0.29, 0.717) is 18.3 Å². The molecule has 0 saturated heterocycles. The predicted molar refractivity (Wildman–Crippen MR) is 119 cm³/mol. The quantitative estimate of drug-likeness (QED) is 0.229. The summed E-state index contributed by atoms with van der Waals surface area (Å²) in [6.07, 6.45) is 13.8. The number of aliphatic hydroxyl groups is 3. The van der Waals surface area contributed by atoms with Crippen LogP contribution in [0.2, 0.25) is 0 Å². The van der Waals surface area contributed by atoms with Crippen LogP contribution in [0.15, 0.2) is 23.8 Å². The van der Waals surface area contributed by atoms with Crippen LogP contribution in [-0.2, 0) is 0 Å². The van der Waals surface area contributed by atoms with Crippen molar-refractivity contribution in [2.24, 2.45) is 23.7 Å². The minimum absolute atomic E-state index is 0.116. The molecule has 0 aliphatic heterocycles. The minimum Gasteiger partial charge on any atom is -0.396 e. The normalized spacial score (nSPS) is 29.8. The van der Waals surface area contributed by atoms with Crippen molar-refractivity contribution in [3.63, 3.8) is 0 Å². The highest BCUT2D eigenvalue weighted by Gasteiger charge is 2.44. The number of hydrogen-bond acceptors (Lipinski definition) is 4. The molecule has 29 heavy (non-hydrogen) atoms. The van der Waals surface area contributed by atoms with Crippen molar-refractivity contribution in [2.45, 2.75) is 77.4 Å². The van der Waals surface area contributed by atoms with Gasteiger partial charge in [-0.15, -0.1) is 11.8 Å². The van der Waals surface area contributed by atoms with E-state index < -0.39 is 6.10 Å². The summed E-state index contributed by atoms with van der Waals surface area (Å²) in [5.74, 6) is 7.31. The zero-order valence-corrected chi connectivity index (χ0v) is 18.3. The lowest BCUT2D eigenvalue weighted by Crippen LogP contribution is -2.19. The second-order valence-corrected chi connectivity index (χ2v) is 8.88. The monoisotopic (exact) mass is 403 g/mol. The molecule has 6 atom stereocenters. The van der Waals surface area contributed by atoms with Gasteiger partial charge in [-0.25, -0.2) is 0 Å². The Labute approximate surface area is 177 Å². The fourth-order valence-corrected chi connectivity index (χ4v) is 4.78. The van der Waals surface area contributed by atoms with E-state index in [4.69, 9.17) is 5.11 Å². The Morgan fingerprint density at radius 3 is 2.76 bits per heavy atom. The number of allylic oxidation sites excluding steroid dienone is 2. The molecule has 164 valence electrons. The molecule has 4 heteroatoms. The van der Waals surface area contributed by atoms with Gasteiger partial charge in [0.1, 0.15) is 0 Å². The summed E-state index contributed by atoms with van der Waals surface area (Å²) >= 11 is 0. The molecule has 0 spiro atoms. The van der Waals surface area contributed by atoms with Crippen molar-refractivity contribution in [1.29, 1.82) is 0 Å². The summed E-state index contributed by atoms with van der Waals surface area (Å²) in [6.45, 7) is 6.03. The van der Waals surface area contributed by atoms with Crippen LogP contribution in [0.1, 0.15) is 65.2 Å². The molecule has 4 N–H and O–H groups in total. The molecule has 2 aliphatic carbocycles. The number of aliphatic hydroxyl groups excluding tert-OH is 3. The van der Waals surface area contributed by atoms with E-state index in [1.807, 2.05) is 19.9 Å². The lowest BCUT2D eigenvalue weighted by molar-refractivity contribution is 0.137. The molecule has 2 saturated carbocycles. The SMILES string of the molecule is CC#CC[C@@H](C)[C@H](O)/C=C/[C@@H]1[C@H]2C/C(=C/CCCCNCCCO)C[C@H]2C[C@H]1O. The highest BCUT2D eigenvalue weighted by Crippen LogP contribution is 2.50.